The van der Waals surface area contributed by atoms with E-state index in [1.807, 2.05) is 0 Å². The maximum Gasteiger partial charge on any atom is 0.0843 e. The molecule has 2 N–H and O–H groups in total. The Morgan fingerprint density at radius 2 is 2.08 bits per heavy atom. The van der Waals surface area contributed by atoms with Crippen LogP contribution in [-0.4, -0.2) is 0 Å². The second-order valence-electron chi connectivity index (χ2n) is 3.51. The highest BCUT2D eigenvalue weighted by atomic mass is 79.9. The van der Waals surface area contributed by atoms with E-state index in [0.29, 0.717) is 5.92 Å². The Morgan fingerprint density at radius 3 is 2.46 bits per heavy atom. The normalized spacial score (nSPS) is 13.7. The Labute approximate surface area is 100.0 Å². The number of hydrogen-bond donors (Lipinski definition) is 1. The Hall–Kier alpha value is 0.620. The molecule has 0 bridgehead atoms. The van der Waals surface area contributed by atoms with Crippen molar-refractivity contribution in [1.82, 2.24) is 0 Å². The Morgan fingerprint density at radius 1 is 1.46 bits per heavy atom. The highest BCUT2D eigenvalue weighted by Gasteiger charge is 2.12. The third-order valence-electron chi connectivity index (χ3n) is 1.75. The van der Waals surface area contributed by atoms with Crippen LogP contribution in [0.2, 0.25) is 0 Å². The summed E-state index contributed by atoms with van der Waals surface area (Å²) in [5, 5.41) is 0. The molecule has 0 aliphatic rings. The molecule has 0 saturated carbocycles. The van der Waals surface area contributed by atoms with Crippen LogP contribution in [0.15, 0.2) is 14.3 Å². The third kappa shape index (κ3) is 3.35. The highest BCUT2D eigenvalue weighted by molar-refractivity contribution is 9.13. The van der Waals surface area contributed by atoms with Gasteiger partial charge in [-0.15, -0.1) is 11.3 Å². The molecule has 0 saturated heterocycles. The molecular formula is C9H13Br2NS. The molecule has 0 radical (unpaired) electrons. The molecule has 1 aromatic heterocycles. The topological polar surface area (TPSA) is 26.0 Å². The zero-order valence-corrected chi connectivity index (χ0v) is 11.7. The van der Waals surface area contributed by atoms with Gasteiger partial charge in [-0.2, -0.15) is 0 Å². The maximum atomic E-state index is 6.05. The molecule has 1 nitrogen and oxygen atoms in total. The van der Waals surface area contributed by atoms with Crippen LogP contribution in [0.25, 0.3) is 0 Å². The largest absolute Gasteiger partial charge is 0.323 e. The zero-order chi connectivity index (χ0) is 10.0. The van der Waals surface area contributed by atoms with Crippen LogP contribution in [0.5, 0.6) is 0 Å². The average molecular weight is 327 g/mol. The van der Waals surface area contributed by atoms with Gasteiger partial charge >= 0.3 is 0 Å². The lowest BCUT2D eigenvalue weighted by Gasteiger charge is -2.11. The molecular weight excluding hydrogens is 314 g/mol. The molecule has 0 aliphatic carbocycles. The summed E-state index contributed by atoms with van der Waals surface area (Å²) in [4.78, 5) is 1.24. The fourth-order valence-electron chi connectivity index (χ4n) is 1.17. The molecule has 0 aliphatic heterocycles. The number of nitrogens with two attached hydrogens (primary N) is 1. The zero-order valence-electron chi connectivity index (χ0n) is 7.68. The van der Waals surface area contributed by atoms with E-state index in [4.69, 9.17) is 5.73 Å². The van der Waals surface area contributed by atoms with E-state index in [2.05, 4.69) is 51.8 Å². The minimum Gasteiger partial charge on any atom is -0.323 e. The molecule has 1 aromatic rings. The van der Waals surface area contributed by atoms with Crippen LogP contribution < -0.4 is 5.73 Å². The van der Waals surface area contributed by atoms with Gasteiger partial charge in [0.15, 0.2) is 0 Å². The van der Waals surface area contributed by atoms with Crippen molar-refractivity contribution in [1.29, 1.82) is 0 Å². The number of rotatable bonds is 3. The molecule has 0 amide bonds. The molecule has 1 heterocycles. The minimum atomic E-state index is 0.174. The third-order valence-corrected chi connectivity index (χ3v) is 5.14. The van der Waals surface area contributed by atoms with Crippen molar-refractivity contribution in [3.05, 3.63) is 19.2 Å². The molecule has 1 rings (SSSR count). The van der Waals surface area contributed by atoms with Gasteiger partial charge in [0.1, 0.15) is 0 Å². The number of thiophene rings is 1. The Balaban J connectivity index is 2.71. The van der Waals surface area contributed by atoms with Gasteiger partial charge in [-0.25, -0.2) is 0 Å². The van der Waals surface area contributed by atoms with E-state index in [9.17, 15) is 0 Å². The molecule has 1 atom stereocenters. The summed E-state index contributed by atoms with van der Waals surface area (Å²) in [5.74, 6) is 0.648. The lowest BCUT2D eigenvalue weighted by atomic mass is 10.0. The molecule has 0 unspecified atom stereocenters. The van der Waals surface area contributed by atoms with Gasteiger partial charge in [-0.1, -0.05) is 13.8 Å². The standard InChI is InChI=1S/C9H13Br2NS/c1-5(2)3-7(12)8-4-6(10)9(11)13-8/h4-5,7H,3,12H2,1-2H3/t7-/m1/s1. The van der Waals surface area contributed by atoms with Crippen LogP contribution in [0, 0.1) is 5.92 Å². The lowest BCUT2D eigenvalue weighted by Crippen LogP contribution is -2.11. The van der Waals surface area contributed by atoms with E-state index >= 15 is 0 Å². The second kappa shape index (κ2) is 4.91. The van der Waals surface area contributed by atoms with Gasteiger partial charge in [0.25, 0.3) is 0 Å². The van der Waals surface area contributed by atoms with Gasteiger partial charge in [-0.05, 0) is 50.3 Å². The Bertz CT molecular complexity index is 264. The number of halogens is 2. The van der Waals surface area contributed by atoms with Crippen LogP contribution in [0.4, 0.5) is 0 Å². The summed E-state index contributed by atoms with van der Waals surface area (Å²) < 4.78 is 2.23. The van der Waals surface area contributed by atoms with Crippen molar-refractivity contribution in [2.45, 2.75) is 26.3 Å². The smallest absolute Gasteiger partial charge is 0.0843 e. The molecule has 74 valence electrons. The SMILES string of the molecule is CC(C)C[C@@H](N)c1cc(Br)c(Br)s1. The van der Waals surface area contributed by atoms with E-state index in [1.54, 1.807) is 11.3 Å². The first-order valence-electron chi connectivity index (χ1n) is 4.21. The average Bonchev–Trinajstić information content (AvgIpc) is 2.31. The maximum absolute atomic E-state index is 6.05. The summed E-state index contributed by atoms with van der Waals surface area (Å²) >= 11 is 8.63. The second-order valence-corrected chi connectivity index (χ2v) is 6.76. The predicted octanol–water partition coefficient (Wildman–Crippen LogP) is 4.32. The van der Waals surface area contributed by atoms with E-state index in [-0.39, 0.29) is 6.04 Å². The van der Waals surface area contributed by atoms with Gasteiger partial charge in [0, 0.05) is 15.4 Å². The highest BCUT2D eigenvalue weighted by Crippen LogP contribution is 2.36. The van der Waals surface area contributed by atoms with Crippen LogP contribution in [0.1, 0.15) is 31.2 Å². The van der Waals surface area contributed by atoms with Crippen molar-refractivity contribution < 1.29 is 0 Å². The summed E-state index contributed by atoms with van der Waals surface area (Å²) in [6.45, 7) is 4.38. The van der Waals surface area contributed by atoms with Crippen molar-refractivity contribution >= 4 is 43.2 Å². The number of hydrogen-bond acceptors (Lipinski definition) is 2. The summed E-state index contributed by atoms with van der Waals surface area (Å²) in [5.41, 5.74) is 6.05. The molecule has 4 heteroatoms. The first-order valence-corrected chi connectivity index (χ1v) is 6.61. The van der Waals surface area contributed by atoms with E-state index < -0.39 is 0 Å². The summed E-state index contributed by atoms with van der Waals surface area (Å²) in [6.07, 6.45) is 1.04. The monoisotopic (exact) mass is 325 g/mol. The van der Waals surface area contributed by atoms with Crippen molar-refractivity contribution in [3.63, 3.8) is 0 Å². The fourth-order valence-corrected chi connectivity index (χ4v) is 3.27. The van der Waals surface area contributed by atoms with Crippen molar-refractivity contribution in [2.24, 2.45) is 11.7 Å². The van der Waals surface area contributed by atoms with Crippen LogP contribution >= 0.6 is 43.2 Å². The first kappa shape index (κ1) is 11.7. The minimum absolute atomic E-state index is 0.174. The molecule has 0 fully saturated rings. The Kier molecular flexibility index (Phi) is 4.42. The van der Waals surface area contributed by atoms with E-state index in [1.165, 1.54) is 4.88 Å². The van der Waals surface area contributed by atoms with Crippen molar-refractivity contribution in [3.8, 4) is 0 Å². The predicted molar refractivity (Wildman–Crippen MR) is 66.1 cm³/mol. The van der Waals surface area contributed by atoms with Gasteiger partial charge in [0.05, 0.1) is 3.79 Å². The van der Waals surface area contributed by atoms with Gasteiger partial charge < -0.3 is 5.73 Å². The first-order chi connectivity index (χ1) is 6.00. The molecule has 0 spiro atoms. The lowest BCUT2D eigenvalue weighted by molar-refractivity contribution is 0.515. The van der Waals surface area contributed by atoms with Crippen LogP contribution in [0.3, 0.4) is 0 Å². The summed E-state index contributed by atoms with van der Waals surface area (Å²) in [6, 6.07) is 2.27. The van der Waals surface area contributed by atoms with Crippen molar-refractivity contribution in [2.75, 3.05) is 0 Å². The molecule has 13 heavy (non-hydrogen) atoms. The molecule has 0 aromatic carbocycles. The van der Waals surface area contributed by atoms with Gasteiger partial charge in [-0.3, -0.25) is 0 Å². The van der Waals surface area contributed by atoms with E-state index in [0.717, 1.165) is 14.7 Å². The summed E-state index contributed by atoms with van der Waals surface area (Å²) in [7, 11) is 0. The van der Waals surface area contributed by atoms with Crippen LogP contribution in [-0.2, 0) is 0 Å². The fraction of sp³-hybridized carbons (Fsp3) is 0.556. The quantitative estimate of drug-likeness (QED) is 0.879. The van der Waals surface area contributed by atoms with Gasteiger partial charge in [0.2, 0.25) is 0 Å².